The minimum atomic E-state index is -0.405. The lowest BCUT2D eigenvalue weighted by Crippen LogP contribution is -2.48. The van der Waals surface area contributed by atoms with Crippen molar-refractivity contribution in [2.45, 2.75) is 66.2 Å². The highest BCUT2D eigenvalue weighted by Gasteiger charge is 2.22. The summed E-state index contributed by atoms with van der Waals surface area (Å²) in [5, 5.41) is 2.96. The molecule has 2 rings (SSSR count). The molecule has 0 spiro atoms. The summed E-state index contributed by atoms with van der Waals surface area (Å²) in [6.07, 6.45) is 6.61. The van der Waals surface area contributed by atoms with E-state index >= 15 is 0 Å². The van der Waals surface area contributed by atoms with Crippen LogP contribution in [0, 0.1) is 5.41 Å². The number of nitrogens with zero attached hydrogens (tertiary/aromatic N) is 2. The summed E-state index contributed by atoms with van der Waals surface area (Å²) in [5.41, 5.74) is 1.55. The SMILES string of the molecule is CCCCCCCC(=O)N1CCN(c2ccc(NC(=O)C(C)(C)C)cc2)CC1. The van der Waals surface area contributed by atoms with E-state index in [2.05, 4.69) is 17.1 Å². The van der Waals surface area contributed by atoms with Gasteiger partial charge in [-0.2, -0.15) is 0 Å². The minimum Gasteiger partial charge on any atom is -0.368 e. The van der Waals surface area contributed by atoms with Gasteiger partial charge in [0.15, 0.2) is 0 Å². The van der Waals surface area contributed by atoms with E-state index in [-0.39, 0.29) is 5.91 Å². The topological polar surface area (TPSA) is 52.7 Å². The zero-order valence-corrected chi connectivity index (χ0v) is 18.1. The van der Waals surface area contributed by atoms with Crippen LogP contribution in [0.25, 0.3) is 0 Å². The quantitative estimate of drug-likeness (QED) is 0.659. The normalized spacial score (nSPS) is 14.9. The molecule has 0 aliphatic carbocycles. The van der Waals surface area contributed by atoms with Gasteiger partial charge in [0.05, 0.1) is 0 Å². The van der Waals surface area contributed by atoms with Crippen molar-refractivity contribution in [1.29, 1.82) is 0 Å². The van der Waals surface area contributed by atoms with Crippen molar-refractivity contribution in [2.24, 2.45) is 5.41 Å². The van der Waals surface area contributed by atoms with Gasteiger partial charge in [-0.3, -0.25) is 9.59 Å². The molecule has 1 N–H and O–H groups in total. The molecule has 0 bridgehead atoms. The highest BCUT2D eigenvalue weighted by atomic mass is 16.2. The largest absolute Gasteiger partial charge is 0.368 e. The first-order chi connectivity index (χ1) is 13.3. The molecule has 1 heterocycles. The van der Waals surface area contributed by atoms with E-state index in [1.165, 1.54) is 19.3 Å². The molecule has 2 amide bonds. The molecule has 156 valence electrons. The monoisotopic (exact) mass is 387 g/mol. The van der Waals surface area contributed by atoms with E-state index in [1.54, 1.807) is 0 Å². The van der Waals surface area contributed by atoms with Crippen molar-refractivity contribution in [3.8, 4) is 0 Å². The maximum absolute atomic E-state index is 12.4. The van der Waals surface area contributed by atoms with Crippen molar-refractivity contribution >= 4 is 23.2 Å². The number of rotatable bonds is 8. The van der Waals surface area contributed by atoms with Gasteiger partial charge >= 0.3 is 0 Å². The number of carbonyl (C=O) groups excluding carboxylic acids is 2. The molecule has 5 nitrogen and oxygen atoms in total. The summed E-state index contributed by atoms with van der Waals surface area (Å²) < 4.78 is 0. The molecule has 0 radical (unpaired) electrons. The van der Waals surface area contributed by atoms with Crippen molar-refractivity contribution in [2.75, 3.05) is 36.4 Å². The Morgan fingerprint density at radius 2 is 1.54 bits per heavy atom. The van der Waals surface area contributed by atoms with Crippen LogP contribution >= 0.6 is 0 Å². The highest BCUT2D eigenvalue weighted by molar-refractivity contribution is 5.94. The van der Waals surface area contributed by atoms with Crippen LogP contribution in [0.1, 0.15) is 66.2 Å². The molecular weight excluding hydrogens is 350 g/mol. The first-order valence-electron chi connectivity index (χ1n) is 10.8. The highest BCUT2D eigenvalue weighted by Crippen LogP contribution is 2.22. The number of nitrogens with one attached hydrogen (secondary N) is 1. The van der Waals surface area contributed by atoms with Crippen molar-refractivity contribution in [3.63, 3.8) is 0 Å². The molecule has 1 saturated heterocycles. The Labute approximate surface area is 170 Å². The van der Waals surface area contributed by atoms with Gasteiger partial charge in [0.1, 0.15) is 0 Å². The van der Waals surface area contributed by atoms with Crippen LogP contribution in [0.5, 0.6) is 0 Å². The molecule has 1 aromatic carbocycles. The maximum atomic E-state index is 12.4. The molecule has 28 heavy (non-hydrogen) atoms. The fourth-order valence-electron chi connectivity index (χ4n) is 3.33. The minimum absolute atomic E-state index is 0.0158. The summed E-state index contributed by atoms with van der Waals surface area (Å²) in [4.78, 5) is 28.8. The summed E-state index contributed by atoms with van der Waals surface area (Å²) in [7, 11) is 0. The van der Waals surface area contributed by atoms with Gasteiger partial charge in [-0.25, -0.2) is 0 Å². The zero-order chi connectivity index (χ0) is 20.6. The summed E-state index contributed by atoms with van der Waals surface area (Å²) in [6.45, 7) is 11.2. The summed E-state index contributed by atoms with van der Waals surface area (Å²) in [5.74, 6) is 0.318. The smallest absolute Gasteiger partial charge is 0.229 e. The molecule has 0 unspecified atom stereocenters. The lowest BCUT2D eigenvalue weighted by atomic mass is 9.95. The van der Waals surface area contributed by atoms with Gasteiger partial charge in [0.25, 0.3) is 0 Å². The van der Waals surface area contributed by atoms with Crippen LogP contribution in [-0.4, -0.2) is 42.9 Å². The summed E-state index contributed by atoms with van der Waals surface area (Å²) >= 11 is 0. The Bertz CT molecular complexity index is 626. The van der Waals surface area contributed by atoms with Crippen molar-refractivity contribution < 1.29 is 9.59 Å². The third kappa shape index (κ3) is 6.84. The standard InChI is InChI=1S/C23H37N3O2/c1-5-6-7-8-9-10-21(27)26-17-15-25(16-18-26)20-13-11-19(12-14-20)24-22(28)23(2,3)4/h11-14H,5-10,15-18H2,1-4H3,(H,24,28). The van der Waals surface area contributed by atoms with Gasteiger partial charge in [-0.15, -0.1) is 0 Å². The van der Waals surface area contributed by atoms with E-state index in [1.807, 2.05) is 49.9 Å². The lowest BCUT2D eigenvalue weighted by Gasteiger charge is -2.36. The Morgan fingerprint density at radius 3 is 2.11 bits per heavy atom. The van der Waals surface area contributed by atoms with Gasteiger partial charge in [0.2, 0.25) is 11.8 Å². The third-order valence-electron chi connectivity index (χ3n) is 5.30. The third-order valence-corrected chi connectivity index (χ3v) is 5.30. The predicted molar refractivity (Wildman–Crippen MR) is 117 cm³/mol. The van der Waals surface area contributed by atoms with Crippen LogP contribution in [0.4, 0.5) is 11.4 Å². The molecule has 1 fully saturated rings. The Morgan fingerprint density at radius 1 is 0.929 bits per heavy atom. The molecule has 1 aromatic rings. The number of amides is 2. The number of anilines is 2. The average Bonchev–Trinajstić information content (AvgIpc) is 2.67. The Kier molecular flexibility index (Phi) is 8.34. The molecular formula is C23H37N3O2. The van der Waals surface area contributed by atoms with E-state index in [0.717, 1.165) is 50.4 Å². The first-order valence-corrected chi connectivity index (χ1v) is 10.8. The van der Waals surface area contributed by atoms with Crippen LogP contribution in [0.3, 0.4) is 0 Å². The van der Waals surface area contributed by atoms with Crippen LogP contribution in [0.15, 0.2) is 24.3 Å². The van der Waals surface area contributed by atoms with E-state index in [4.69, 9.17) is 0 Å². The van der Waals surface area contributed by atoms with E-state index < -0.39 is 5.41 Å². The molecule has 1 aliphatic heterocycles. The molecule has 1 aliphatic rings. The van der Waals surface area contributed by atoms with Crippen LogP contribution < -0.4 is 10.2 Å². The molecule has 5 heteroatoms. The van der Waals surface area contributed by atoms with E-state index in [0.29, 0.717) is 12.3 Å². The number of carbonyl (C=O) groups is 2. The number of piperazine rings is 1. The average molecular weight is 388 g/mol. The second kappa shape index (κ2) is 10.5. The second-order valence-electron chi connectivity index (χ2n) is 8.78. The maximum Gasteiger partial charge on any atom is 0.229 e. The Hall–Kier alpha value is -2.04. The summed E-state index contributed by atoms with van der Waals surface area (Å²) in [6, 6.07) is 7.99. The van der Waals surface area contributed by atoms with Gasteiger partial charge in [0, 0.05) is 49.4 Å². The zero-order valence-electron chi connectivity index (χ0n) is 18.1. The number of hydrogen-bond donors (Lipinski definition) is 1. The van der Waals surface area contributed by atoms with Crippen LogP contribution in [0.2, 0.25) is 0 Å². The molecule has 0 aromatic heterocycles. The van der Waals surface area contributed by atoms with Gasteiger partial charge in [-0.05, 0) is 30.7 Å². The fraction of sp³-hybridized carbons (Fsp3) is 0.652. The van der Waals surface area contributed by atoms with Gasteiger partial charge in [-0.1, -0.05) is 53.4 Å². The van der Waals surface area contributed by atoms with Crippen molar-refractivity contribution in [3.05, 3.63) is 24.3 Å². The lowest BCUT2D eigenvalue weighted by molar-refractivity contribution is -0.131. The number of hydrogen-bond acceptors (Lipinski definition) is 3. The predicted octanol–water partition coefficient (Wildman–Crippen LogP) is 4.68. The Balaban J connectivity index is 1.77. The van der Waals surface area contributed by atoms with E-state index in [9.17, 15) is 9.59 Å². The van der Waals surface area contributed by atoms with Gasteiger partial charge < -0.3 is 15.1 Å². The number of unbranched alkanes of at least 4 members (excludes halogenated alkanes) is 4. The first kappa shape index (κ1) is 22.3. The molecule has 0 saturated carbocycles. The molecule has 0 atom stereocenters. The van der Waals surface area contributed by atoms with Crippen LogP contribution in [-0.2, 0) is 9.59 Å². The number of benzene rings is 1. The second-order valence-corrected chi connectivity index (χ2v) is 8.78. The fourth-order valence-corrected chi connectivity index (χ4v) is 3.33. The van der Waals surface area contributed by atoms with Crippen molar-refractivity contribution in [1.82, 2.24) is 4.90 Å².